The Morgan fingerprint density at radius 3 is 2.56 bits per heavy atom. The maximum Gasteiger partial charge on any atom is 0.0702 e. The number of nitrogens with two attached hydrogens (primary N) is 1. The van der Waals surface area contributed by atoms with Crippen LogP contribution < -0.4 is 5.73 Å². The molecule has 0 aliphatic heterocycles. The minimum absolute atomic E-state index is 0.0652. The molecule has 2 N–H and O–H groups in total. The van der Waals surface area contributed by atoms with Crippen molar-refractivity contribution in [3.05, 3.63) is 42.1 Å². The highest BCUT2D eigenvalue weighted by atomic mass is 15.2. The van der Waals surface area contributed by atoms with Crippen molar-refractivity contribution < 1.29 is 0 Å². The predicted molar refractivity (Wildman–Crippen MR) is 76.4 cm³/mol. The van der Waals surface area contributed by atoms with Crippen LogP contribution in [0.1, 0.15) is 25.5 Å². The molecular weight excluding hydrogens is 222 g/mol. The van der Waals surface area contributed by atoms with Crippen LogP contribution in [0, 0.1) is 0 Å². The van der Waals surface area contributed by atoms with Crippen molar-refractivity contribution in [1.82, 2.24) is 9.88 Å². The molecule has 0 aliphatic carbocycles. The second kappa shape index (κ2) is 4.67. The predicted octanol–water partition coefficient (Wildman–Crippen LogP) is 2.57. The van der Waals surface area contributed by atoms with Crippen molar-refractivity contribution in [1.29, 1.82) is 0 Å². The molecule has 2 aromatic rings. The fourth-order valence-electron chi connectivity index (χ4n) is 1.94. The van der Waals surface area contributed by atoms with Crippen LogP contribution in [-0.2, 0) is 0 Å². The van der Waals surface area contributed by atoms with E-state index in [0.717, 1.165) is 16.5 Å². The molecular formula is C15H21N3. The van der Waals surface area contributed by atoms with Gasteiger partial charge < -0.3 is 10.6 Å². The van der Waals surface area contributed by atoms with Gasteiger partial charge in [0.2, 0.25) is 0 Å². The fraction of sp³-hybridized carbons (Fsp3) is 0.400. The molecule has 18 heavy (non-hydrogen) atoms. The molecule has 0 radical (unpaired) electrons. The van der Waals surface area contributed by atoms with Crippen LogP contribution >= 0.6 is 0 Å². The highest BCUT2D eigenvalue weighted by Crippen LogP contribution is 2.28. The average molecular weight is 243 g/mol. The largest absolute Gasteiger partial charge is 0.322 e. The van der Waals surface area contributed by atoms with E-state index < -0.39 is 0 Å². The number of hydrogen-bond donors (Lipinski definition) is 1. The molecule has 0 aliphatic rings. The van der Waals surface area contributed by atoms with Gasteiger partial charge in [0.05, 0.1) is 5.52 Å². The van der Waals surface area contributed by atoms with Crippen LogP contribution in [-0.4, -0.2) is 29.5 Å². The Balaban J connectivity index is 2.42. The lowest BCUT2D eigenvalue weighted by molar-refractivity contribution is 0.159. The van der Waals surface area contributed by atoms with Crippen molar-refractivity contribution >= 4 is 10.9 Å². The lowest BCUT2D eigenvalue weighted by Crippen LogP contribution is -2.47. The van der Waals surface area contributed by atoms with Crippen molar-refractivity contribution in [3.63, 3.8) is 0 Å². The summed E-state index contributed by atoms with van der Waals surface area (Å²) < 4.78 is 0. The first-order valence-electron chi connectivity index (χ1n) is 6.20. The number of benzene rings is 1. The Hall–Kier alpha value is -1.45. The van der Waals surface area contributed by atoms with E-state index in [1.807, 2.05) is 38.5 Å². The van der Waals surface area contributed by atoms with Crippen LogP contribution in [0.4, 0.5) is 0 Å². The van der Waals surface area contributed by atoms with E-state index in [9.17, 15) is 0 Å². The van der Waals surface area contributed by atoms with Gasteiger partial charge in [-0.15, -0.1) is 0 Å². The first-order valence-corrected chi connectivity index (χ1v) is 6.20. The third kappa shape index (κ3) is 2.24. The average Bonchev–Trinajstić information content (AvgIpc) is 2.37. The van der Waals surface area contributed by atoms with Crippen molar-refractivity contribution in [2.75, 3.05) is 14.1 Å². The Kier molecular flexibility index (Phi) is 3.37. The Labute approximate surface area is 109 Å². The van der Waals surface area contributed by atoms with Gasteiger partial charge in [0.15, 0.2) is 0 Å². The highest BCUT2D eigenvalue weighted by Gasteiger charge is 2.30. The normalized spacial score (nSPS) is 14.1. The number of pyridine rings is 1. The monoisotopic (exact) mass is 243 g/mol. The minimum Gasteiger partial charge on any atom is -0.322 e. The maximum atomic E-state index is 6.38. The molecule has 0 fully saturated rings. The Bertz CT molecular complexity index is 546. The van der Waals surface area contributed by atoms with E-state index in [-0.39, 0.29) is 11.6 Å². The standard InChI is InChI=1S/C15H21N3/c1-15(2,18(3)4)14(16)12-9-11-7-5-6-8-13(11)17-10-12/h5-10,14H,16H2,1-4H3. The number of rotatable bonds is 3. The van der Waals surface area contributed by atoms with Crippen molar-refractivity contribution in [2.45, 2.75) is 25.4 Å². The van der Waals surface area contributed by atoms with E-state index in [0.29, 0.717) is 0 Å². The molecule has 2 rings (SSSR count). The van der Waals surface area contributed by atoms with Gasteiger partial charge in [-0.2, -0.15) is 0 Å². The third-order valence-corrected chi connectivity index (χ3v) is 3.88. The Morgan fingerprint density at radius 1 is 1.22 bits per heavy atom. The summed E-state index contributed by atoms with van der Waals surface area (Å²) in [6.45, 7) is 4.29. The second-order valence-corrected chi connectivity index (χ2v) is 5.49. The summed E-state index contributed by atoms with van der Waals surface area (Å²) in [4.78, 5) is 6.62. The molecule has 1 aromatic carbocycles. The molecule has 1 unspecified atom stereocenters. The molecule has 1 aromatic heterocycles. The lowest BCUT2D eigenvalue weighted by Gasteiger charge is -2.38. The summed E-state index contributed by atoms with van der Waals surface area (Å²) in [7, 11) is 4.10. The smallest absolute Gasteiger partial charge is 0.0702 e. The van der Waals surface area contributed by atoms with Crippen LogP contribution in [0.5, 0.6) is 0 Å². The van der Waals surface area contributed by atoms with E-state index >= 15 is 0 Å². The number of fused-ring (bicyclic) bond motifs is 1. The summed E-state index contributed by atoms with van der Waals surface area (Å²) >= 11 is 0. The van der Waals surface area contributed by atoms with E-state index in [1.165, 1.54) is 0 Å². The summed E-state index contributed by atoms with van der Waals surface area (Å²) in [5.74, 6) is 0. The summed E-state index contributed by atoms with van der Waals surface area (Å²) in [6, 6.07) is 10.2. The molecule has 0 saturated heterocycles. The first-order chi connectivity index (χ1) is 8.43. The van der Waals surface area contributed by atoms with Gasteiger partial charge in [0, 0.05) is 23.2 Å². The molecule has 96 valence electrons. The summed E-state index contributed by atoms with van der Waals surface area (Å²) in [6.07, 6.45) is 1.89. The van der Waals surface area contributed by atoms with E-state index in [4.69, 9.17) is 5.73 Å². The van der Waals surface area contributed by atoms with Gasteiger partial charge in [-0.1, -0.05) is 18.2 Å². The number of nitrogens with zero attached hydrogens (tertiary/aromatic N) is 2. The molecule has 0 amide bonds. The quantitative estimate of drug-likeness (QED) is 0.901. The minimum atomic E-state index is -0.107. The van der Waals surface area contributed by atoms with Gasteiger partial charge >= 0.3 is 0 Å². The molecule has 0 bridgehead atoms. The molecule has 1 heterocycles. The van der Waals surface area contributed by atoms with Gasteiger partial charge in [-0.25, -0.2) is 0 Å². The van der Waals surface area contributed by atoms with E-state index in [2.05, 4.69) is 35.9 Å². The highest BCUT2D eigenvalue weighted by molar-refractivity contribution is 5.78. The maximum absolute atomic E-state index is 6.38. The van der Waals surface area contributed by atoms with Crippen LogP contribution in [0.15, 0.2) is 36.5 Å². The van der Waals surface area contributed by atoms with Crippen molar-refractivity contribution in [2.24, 2.45) is 5.73 Å². The molecule has 3 nitrogen and oxygen atoms in total. The number of aromatic nitrogens is 1. The zero-order chi connectivity index (χ0) is 13.3. The topological polar surface area (TPSA) is 42.1 Å². The third-order valence-electron chi connectivity index (χ3n) is 3.88. The number of hydrogen-bond acceptors (Lipinski definition) is 3. The summed E-state index contributed by atoms with van der Waals surface area (Å²) in [5, 5.41) is 1.14. The van der Waals surface area contributed by atoms with Gasteiger partial charge in [-0.3, -0.25) is 4.98 Å². The molecule has 1 atom stereocenters. The van der Waals surface area contributed by atoms with Crippen LogP contribution in [0.25, 0.3) is 10.9 Å². The molecule has 0 spiro atoms. The van der Waals surface area contributed by atoms with Crippen LogP contribution in [0.2, 0.25) is 0 Å². The first kappa shape index (κ1) is 13.0. The second-order valence-electron chi connectivity index (χ2n) is 5.49. The number of para-hydroxylation sites is 1. The van der Waals surface area contributed by atoms with Crippen LogP contribution in [0.3, 0.4) is 0 Å². The zero-order valence-electron chi connectivity index (χ0n) is 11.5. The lowest BCUT2D eigenvalue weighted by atomic mass is 9.88. The van der Waals surface area contributed by atoms with Crippen molar-refractivity contribution in [3.8, 4) is 0 Å². The molecule has 0 saturated carbocycles. The zero-order valence-corrected chi connectivity index (χ0v) is 11.5. The van der Waals surface area contributed by atoms with Gasteiger partial charge in [0.25, 0.3) is 0 Å². The van der Waals surface area contributed by atoms with E-state index in [1.54, 1.807) is 0 Å². The fourth-order valence-corrected chi connectivity index (χ4v) is 1.94. The van der Waals surface area contributed by atoms with Gasteiger partial charge in [-0.05, 0) is 45.6 Å². The van der Waals surface area contributed by atoms with Gasteiger partial charge in [0.1, 0.15) is 0 Å². The Morgan fingerprint density at radius 2 is 1.89 bits per heavy atom. The molecule has 3 heteroatoms. The SMILES string of the molecule is CN(C)C(C)(C)C(N)c1cnc2ccccc2c1. The number of likely N-dealkylation sites (N-methyl/N-ethyl adjacent to an activating group) is 1. The summed E-state index contributed by atoms with van der Waals surface area (Å²) in [5.41, 5.74) is 8.36.